The van der Waals surface area contributed by atoms with Gasteiger partial charge in [-0.15, -0.1) is 0 Å². The van der Waals surface area contributed by atoms with Crippen LogP contribution in [0.25, 0.3) is 5.69 Å². The predicted octanol–water partition coefficient (Wildman–Crippen LogP) is 0.578. The number of carbonyl (C=O) groups excluding carboxylic acids is 2. The Labute approximate surface area is 139 Å². The summed E-state index contributed by atoms with van der Waals surface area (Å²) < 4.78 is 1.22. The highest BCUT2D eigenvalue weighted by Gasteiger charge is 2.19. The first-order valence-corrected chi connectivity index (χ1v) is 6.94. The van der Waals surface area contributed by atoms with Crippen molar-refractivity contribution in [2.75, 3.05) is 0 Å². The van der Waals surface area contributed by atoms with Crippen molar-refractivity contribution < 1.29 is 14.5 Å². The van der Waals surface area contributed by atoms with Crippen LogP contribution in [-0.4, -0.2) is 36.5 Å². The number of benzene rings is 1. The van der Waals surface area contributed by atoms with Crippen LogP contribution in [0.2, 0.25) is 0 Å². The first-order chi connectivity index (χ1) is 12.1. The van der Waals surface area contributed by atoms with Crippen LogP contribution >= 0.6 is 0 Å². The normalized spacial score (nSPS) is 10.2. The fourth-order valence-electron chi connectivity index (χ4n) is 2.06. The molecule has 0 bridgehead atoms. The number of hydrazine groups is 1. The third kappa shape index (κ3) is 3.34. The summed E-state index contributed by atoms with van der Waals surface area (Å²) in [5, 5.41) is 15.1. The number of aromatic nitrogens is 4. The topological polar surface area (TPSA) is 148 Å². The van der Waals surface area contributed by atoms with Crippen molar-refractivity contribution in [3.63, 3.8) is 0 Å². The third-order valence-corrected chi connectivity index (χ3v) is 3.23. The number of nitro groups is 1. The summed E-state index contributed by atoms with van der Waals surface area (Å²) in [5.41, 5.74) is 4.49. The molecule has 3 rings (SSSR count). The SMILES string of the molecule is O=C(NNC(=O)c1ccc[nH]1)c1ccc(-n2cncn2)c([N+](=O)[O-])c1. The monoisotopic (exact) mass is 341 g/mol. The average Bonchev–Trinajstić information content (AvgIpc) is 3.32. The Morgan fingerprint density at radius 2 is 2.00 bits per heavy atom. The molecule has 11 nitrogen and oxygen atoms in total. The van der Waals surface area contributed by atoms with E-state index in [1.165, 1.54) is 35.5 Å². The Bertz CT molecular complexity index is 919. The summed E-state index contributed by atoms with van der Waals surface area (Å²) in [6.45, 7) is 0. The molecule has 0 radical (unpaired) electrons. The molecule has 0 unspecified atom stereocenters. The van der Waals surface area contributed by atoms with Gasteiger partial charge in [0.15, 0.2) is 0 Å². The summed E-state index contributed by atoms with van der Waals surface area (Å²) in [5.74, 6) is -1.25. The van der Waals surface area contributed by atoms with Crippen LogP contribution in [0.3, 0.4) is 0 Å². The van der Waals surface area contributed by atoms with Crippen molar-refractivity contribution in [3.8, 4) is 5.69 Å². The maximum atomic E-state index is 12.1. The first kappa shape index (κ1) is 15.9. The molecular formula is C14H11N7O4. The molecule has 2 amide bonds. The van der Waals surface area contributed by atoms with Gasteiger partial charge in [0, 0.05) is 17.8 Å². The van der Waals surface area contributed by atoms with Gasteiger partial charge < -0.3 is 4.98 Å². The zero-order chi connectivity index (χ0) is 17.8. The Morgan fingerprint density at radius 3 is 2.64 bits per heavy atom. The lowest BCUT2D eigenvalue weighted by molar-refractivity contribution is -0.384. The molecular weight excluding hydrogens is 330 g/mol. The van der Waals surface area contributed by atoms with Gasteiger partial charge in [0.1, 0.15) is 24.0 Å². The highest BCUT2D eigenvalue weighted by molar-refractivity contribution is 5.98. The van der Waals surface area contributed by atoms with Crippen molar-refractivity contribution in [3.05, 3.63) is 70.6 Å². The van der Waals surface area contributed by atoms with E-state index in [0.29, 0.717) is 0 Å². The molecule has 3 N–H and O–H groups in total. The number of hydrogen-bond donors (Lipinski definition) is 3. The number of carbonyl (C=O) groups is 2. The molecule has 1 aromatic carbocycles. The molecule has 25 heavy (non-hydrogen) atoms. The van der Waals surface area contributed by atoms with Gasteiger partial charge in [-0.1, -0.05) is 0 Å². The molecule has 0 saturated heterocycles. The molecule has 0 aliphatic rings. The number of rotatable bonds is 4. The van der Waals surface area contributed by atoms with Crippen LogP contribution in [0.4, 0.5) is 5.69 Å². The van der Waals surface area contributed by atoms with Gasteiger partial charge in [-0.2, -0.15) is 5.10 Å². The molecule has 0 spiro atoms. The lowest BCUT2D eigenvalue weighted by Gasteiger charge is -2.08. The Morgan fingerprint density at radius 1 is 1.20 bits per heavy atom. The Balaban J connectivity index is 1.78. The van der Waals surface area contributed by atoms with Crippen LogP contribution < -0.4 is 10.9 Å². The van der Waals surface area contributed by atoms with Crippen molar-refractivity contribution in [2.45, 2.75) is 0 Å². The third-order valence-electron chi connectivity index (χ3n) is 3.23. The number of nitro benzene ring substituents is 1. The minimum Gasteiger partial charge on any atom is -0.357 e. The average molecular weight is 341 g/mol. The van der Waals surface area contributed by atoms with Gasteiger partial charge in [0.25, 0.3) is 17.5 Å². The van der Waals surface area contributed by atoms with Gasteiger partial charge in [-0.05, 0) is 24.3 Å². The highest BCUT2D eigenvalue weighted by Crippen LogP contribution is 2.23. The van der Waals surface area contributed by atoms with Crippen LogP contribution in [0.5, 0.6) is 0 Å². The zero-order valence-corrected chi connectivity index (χ0v) is 12.5. The second kappa shape index (κ2) is 6.62. The van der Waals surface area contributed by atoms with Gasteiger partial charge in [0.05, 0.1) is 4.92 Å². The molecule has 2 aromatic heterocycles. The molecule has 3 aromatic rings. The second-order valence-corrected chi connectivity index (χ2v) is 4.79. The molecule has 0 aliphatic heterocycles. The lowest BCUT2D eigenvalue weighted by atomic mass is 10.1. The van der Waals surface area contributed by atoms with Crippen LogP contribution in [0.1, 0.15) is 20.8 Å². The van der Waals surface area contributed by atoms with Crippen molar-refractivity contribution >= 4 is 17.5 Å². The smallest absolute Gasteiger partial charge is 0.295 e. The zero-order valence-electron chi connectivity index (χ0n) is 12.5. The maximum absolute atomic E-state index is 12.1. The van der Waals surface area contributed by atoms with Crippen LogP contribution in [0, 0.1) is 10.1 Å². The number of hydrogen-bond acceptors (Lipinski definition) is 6. The number of aromatic amines is 1. The Hall–Kier alpha value is -4.02. The second-order valence-electron chi connectivity index (χ2n) is 4.79. The van der Waals surface area contributed by atoms with E-state index in [1.54, 1.807) is 12.3 Å². The van der Waals surface area contributed by atoms with Gasteiger partial charge in [-0.3, -0.25) is 30.6 Å². The van der Waals surface area contributed by atoms with E-state index in [0.717, 1.165) is 6.07 Å². The maximum Gasteiger partial charge on any atom is 0.295 e. The van der Waals surface area contributed by atoms with Crippen molar-refractivity contribution in [1.82, 2.24) is 30.6 Å². The summed E-state index contributed by atoms with van der Waals surface area (Å²) in [6, 6.07) is 6.99. The summed E-state index contributed by atoms with van der Waals surface area (Å²) in [7, 11) is 0. The van der Waals surface area contributed by atoms with E-state index in [-0.39, 0.29) is 22.6 Å². The summed E-state index contributed by atoms with van der Waals surface area (Å²) in [6.07, 6.45) is 4.10. The van der Waals surface area contributed by atoms with E-state index in [2.05, 4.69) is 25.9 Å². The minimum absolute atomic E-state index is 0.00218. The molecule has 0 saturated carbocycles. The standard InChI is InChI=1S/C14H11N7O4/c22-13(18-19-14(23)10-2-1-5-16-10)9-3-4-11(12(6-9)21(24)25)20-8-15-7-17-20/h1-8,16H,(H,18,22)(H,19,23). The van der Waals surface area contributed by atoms with Gasteiger partial charge >= 0.3 is 0 Å². The van der Waals surface area contributed by atoms with Gasteiger partial charge in [-0.25, -0.2) is 9.67 Å². The number of nitrogens with zero attached hydrogens (tertiary/aromatic N) is 4. The number of amides is 2. The minimum atomic E-state index is -0.701. The quantitative estimate of drug-likeness (QED) is 0.467. The number of H-pyrrole nitrogens is 1. The molecule has 2 heterocycles. The van der Waals surface area contributed by atoms with E-state index in [4.69, 9.17) is 0 Å². The van der Waals surface area contributed by atoms with Gasteiger partial charge in [0.2, 0.25) is 0 Å². The largest absolute Gasteiger partial charge is 0.357 e. The molecule has 0 atom stereocenters. The van der Waals surface area contributed by atoms with E-state index in [9.17, 15) is 19.7 Å². The Kier molecular flexibility index (Phi) is 4.20. The van der Waals surface area contributed by atoms with Crippen molar-refractivity contribution in [2.24, 2.45) is 0 Å². The summed E-state index contributed by atoms with van der Waals surface area (Å²) >= 11 is 0. The fraction of sp³-hybridized carbons (Fsp3) is 0. The lowest BCUT2D eigenvalue weighted by Crippen LogP contribution is -2.41. The number of nitrogens with one attached hydrogen (secondary N) is 3. The highest BCUT2D eigenvalue weighted by atomic mass is 16.6. The fourth-order valence-corrected chi connectivity index (χ4v) is 2.06. The first-order valence-electron chi connectivity index (χ1n) is 6.94. The predicted molar refractivity (Wildman–Crippen MR) is 83.7 cm³/mol. The van der Waals surface area contributed by atoms with E-state index in [1.807, 2.05) is 0 Å². The van der Waals surface area contributed by atoms with Crippen molar-refractivity contribution in [1.29, 1.82) is 0 Å². The van der Waals surface area contributed by atoms with E-state index < -0.39 is 16.7 Å². The molecule has 0 fully saturated rings. The van der Waals surface area contributed by atoms with E-state index >= 15 is 0 Å². The van der Waals surface area contributed by atoms with Crippen LogP contribution in [-0.2, 0) is 0 Å². The molecule has 0 aliphatic carbocycles. The molecule has 11 heteroatoms. The van der Waals surface area contributed by atoms with Crippen LogP contribution in [0.15, 0.2) is 49.2 Å². The molecule has 126 valence electrons. The summed E-state index contributed by atoms with van der Waals surface area (Å²) in [4.78, 5) is 40.9.